The minimum absolute atomic E-state index is 0.209. The number of benzene rings is 5. The van der Waals surface area contributed by atoms with Crippen LogP contribution in [0.1, 0.15) is 103 Å². The Hall–Kier alpha value is -4.82. The molecule has 0 aliphatic carbocycles. The average Bonchev–Trinajstić information content (AvgIpc) is 3.91. The van der Waals surface area contributed by atoms with Crippen LogP contribution in [0.3, 0.4) is 0 Å². The summed E-state index contributed by atoms with van der Waals surface area (Å²) >= 11 is 1.13. The predicted molar refractivity (Wildman–Crippen MR) is 228 cm³/mol. The Bertz CT molecular complexity index is 2190. The number of hydrogen-bond acceptors (Lipinski definition) is 5. The molecule has 7 rings (SSSR count). The van der Waals surface area contributed by atoms with Crippen LogP contribution in [0.2, 0.25) is 0 Å². The summed E-state index contributed by atoms with van der Waals surface area (Å²) in [6.07, 6.45) is 13.7. The molecule has 2 atom stereocenters. The van der Waals surface area contributed by atoms with Gasteiger partial charge in [-0.15, -0.1) is 0 Å². The van der Waals surface area contributed by atoms with Gasteiger partial charge in [-0.25, -0.2) is 13.4 Å². The topological polar surface area (TPSA) is 63.6 Å². The molecule has 8 heteroatoms. The van der Waals surface area contributed by atoms with Gasteiger partial charge in [0.15, 0.2) is 0 Å². The van der Waals surface area contributed by atoms with Crippen LogP contribution >= 0.6 is 0 Å². The highest BCUT2D eigenvalue weighted by Crippen LogP contribution is 2.51. The lowest BCUT2D eigenvalue weighted by Gasteiger charge is -2.15. The summed E-state index contributed by atoms with van der Waals surface area (Å²) in [5, 5.41) is 8.68. The van der Waals surface area contributed by atoms with Crippen LogP contribution in [-0.4, -0.2) is 10.3 Å². The van der Waals surface area contributed by atoms with Gasteiger partial charge in [0.1, 0.15) is 34.0 Å². The van der Waals surface area contributed by atoms with Crippen LogP contribution < -0.4 is 0 Å². The SMILES string of the molecule is CCCCC(CC)CCc1ccc(-c2ccc(-c3c4c(c(-c5ccc(-c6ccc(CCC(CC)CCCC)cc6F)cc5)c5nonc35)N=S=N4)cc2)c(F)c1. The van der Waals surface area contributed by atoms with Gasteiger partial charge in [-0.05, 0) is 93.3 Å². The molecular weight excluding hydrogens is 719 g/mol. The second-order valence-corrected chi connectivity index (χ2v) is 15.9. The zero-order valence-electron chi connectivity index (χ0n) is 33.1. The third-order valence-corrected chi connectivity index (χ3v) is 12.3. The van der Waals surface area contributed by atoms with Crippen molar-refractivity contribution in [3.05, 3.63) is 108 Å². The summed E-state index contributed by atoms with van der Waals surface area (Å²) in [7, 11) is 0. The lowest BCUT2D eigenvalue weighted by molar-refractivity contribution is 0.315. The fourth-order valence-electron chi connectivity index (χ4n) is 8.17. The molecule has 2 heterocycles. The molecule has 1 aliphatic rings. The molecule has 0 saturated heterocycles. The van der Waals surface area contributed by atoms with Crippen molar-refractivity contribution < 1.29 is 13.4 Å². The molecular formula is C48H52F2N4OS. The number of rotatable bonds is 18. The van der Waals surface area contributed by atoms with E-state index in [1.165, 1.54) is 51.4 Å². The summed E-state index contributed by atoms with van der Waals surface area (Å²) in [5.74, 6) is 0.959. The number of aromatic nitrogens is 2. The molecule has 0 N–H and O–H groups in total. The van der Waals surface area contributed by atoms with E-state index in [0.29, 0.717) is 45.4 Å². The van der Waals surface area contributed by atoms with Crippen LogP contribution in [-0.2, 0) is 24.2 Å². The Labute approximate surface area is 333 Å². The number of halogens is 2. The van der Waals surface area contributed by atoms with Gasteiger partial charge in [-0.2, -0.15) is 8.73 Å². The fraction of sp³-hybridized carbons (Fsp3) is 0.375. The first-order chi connectivity index (χ1) is 27.4. The van der Waals surface area contributed by atoms with E-state index in [1.54, 1.807) is 12.1 Å². The second-order valence-electron chi connectivity index (χ2n) is 15.4. The molecule has 56 heavy (non-hydrogen) atoms. The molecule has 290 valence electrons. The van der Waals surface area contributed by atoms with Crippen molar-refractivity contribution in [2.45, 2.75) is 105 Å². The normalized spacial score (nSPS) is 13.2. The van der Waals surface area contributed by atoms with E-state index in [1.807, 2.05) is 60.7 Å². The van der Waals surface area contributed by atoms with Crippen LogP contribution in [0.5, 0.6) is 0 Å². The fourth-order valence-corrected chi connectivity index (χ4v) is 8.73. The van der Waals surface area contributed by atoms with E-state index in [4.69, 9.17) is 13.4 Å². The van der Waals surface area contributed by atoms with E-state index in [9.17, 15) is 0 Å². The number of fused-ring (bicyclic) bond motifs is 2. The van der Waals surface area contributed by atoms with Crippen molar-refractivity contribution in [3.8, 4) is 44.5 Å². The average molecular weight is 771 g/mol. The van der Waals surface area contributed by atoms with Crippen molar-refractivity contribution >= 4 is 33.8 Å². The summed E-state index contributed by atoms with van der Waals surface area (Å²) in [6, 6.07) is 26.9. The van der Waals surface area contributed by atoms with Crippen LogP contribution in [0, 0.1) is 23.5 Å². The van der Waals surface area contributed by atoms with Crippen molar-refractivity contribution in [2.24, 2.45) is 20.6 Å². The maximum absolute atomic E-state index is 15.5. The van der Waals surface area contributed by atoms with Gasteiger partial charge in [0.05, 0.1) is 11.4 Å². The molecule has 0 saturated carbocycles. The molecule has 0 radical (unpaired) electrons. The summed E-state index contributed by atoms with van der Waals surface area (Å²) in [6.45, 7) is 8.97. The van der Waals surface area contributed by atoms with Gasteiger partial charge in [0, 0.05) is 22.3 Å². The molecule has 0 spiro atoms. The van der Waals surface area contributed by atoms with Gasteiger partial charge in [0.2, 0.25) is 0 Å². The lowest BCUT2D eigenvalue weighted by Crippen LogP contribution is -2.01. The molecule has 5 nitrogen and oxygen atoms in total. The molecule has 0 fully saturated rings. The standard InChI is InChI=1S/C48H52F2N4OS/c1-5-9-11-31(7-3)13-15-33-17-27-39(41(49)29-33)35-19-23-37(24-20-35)43-45-46(52-55-51-45)44(48-47(43)53-56-54-48)38-25-21-36(22-26-38)40-28-18-34(30-42(40)50)16-14-32(8-4)12-10-6-2/h17-32H,5-16H2,1-4H3. The summed E-state index contributed by atoms with van der Waals surface area (Å²) in [5.41, 5.74) is 10.6. The van der Waals surface area contributed by atoms with E-state index < -0.39 is 0 Å². The van der Waals surface area contributed by atoms with Crippen LogP contribution in [0.15, 0.2) is 98.3 Å². The van der Waals surface area contributed by atoms with Gasteiger partial charge in [-0.3, -0.25) is 0 Å². The van der Waals surface area contributed by atoms with Gasteiger partial charge >= 0.3 is 0 Å². The Morgan fingerprint density at radius 2 is 0.946 bits per heavy atom. The maximum Gasteiger partial charge on any atom is 0.146 e. The molecule has 1 aromatic heterocycles. The number of hydrogen-bond donors (Lipinski definition) is 0. The van der Waals surface area contributed by atoms with Crippen molar-refractivity contribution in [1.29, 1.82) is 0 Å². The largest absolute Gasteiger partial charge is 0.243 e. The Kier molecular flexibility index (Phi) is 13.0. The van der Waals surface area contributed by atoms with Crippen molar-refractivity contribution in [3.63, 3.8) is 0 Å². The van der Waals surface area contributed by atoms with E-state index in [2.05, 4.69) is 50.1 Å². The zero-order chi connectivity index (χ0) is 39.0. The van der Waals surface area contributed by atoms with Gasteiger partial charge < -0.3 is 0 Å². The zero-order valence-corrected chi connectivity index (χ0v) is 33.9. The third-order valence-electron chi connectivity index (χ3n) is 11.7. The van der Waals surface area contributed by atoms with E-state index in [0.717, 1.165) is 81.5 Å². The number of aryl methyl sites for hydroxylation is 2. The predicted octanol–water partition coefficient (Wildman–Crippen LogP) is 15.2. The van der Waals surface area contributed by atoms with Gasteiger partial charge in [0.25, 0.3) is 0 Å². The quantitative estimate of drug-likeness (QED) is 0.0873. The summed E-state index contributed by atoms with van der Waals surface area (Å²) in [4.78, 5) is 0. The first-order valence-corrected chi connectivity index (χ1v) is 21.3. The minimum Gasteiger partial charge on any atom is -0.243 e. The maximum atomic E-state index is 15.5. The monoisotopic (exact) mass is 770 g/mol. The smallest absolute Gasteiger partial charge is 0.146 e. The molecule has 5 aromatic carbocycles. The lowest BCUT2D eigenvalue weighted by atomic mass is 9.91. The highest BCUT2D eigenvalue weighted by molar-refractivity contribution is 7.58. The highest BCUT2D eigenvalue weighted by atomic mass is 32.1. The number of unbranched alkanes of at least 4 members (excludes halogenated alkanes) is 2. The molecule has 0 bridgehead atoms. The van der Waals surface area contributed by atoms with Crippen molar-refractivity contribution in [1.82, 2.24) is 10.3 Å². The van der Waals surface area contributed by atoms with Crippen LogP contribution in [0.4, 0.5) is 20.2 Å². The van der Waals surface area contributed by atoms with Crippen LogP contribution in [0.25, 0.3) is 55.5 Å². The molecule has 2 unspecified atom stereocenters. The first-order valence-electron chi connectivity index (χ1n) is 20.6. The molecule has 6 aromatic rings. The molecule has 1 aliphatic heterocycles. The van der Waals surface area contributed by atoms with Gasteiger partial charge in [-0.1, -0.05) is 152 Å². The molecule has 0 amide bonds. The first kappa shape index (κ1) is 39.4. The third kappa shape index (κ3) is 8.61. The number of nitrogens with zero attached hydrogens (tertiary/aromatic N) is 4. The Morgan fingerprint density at radius 3 is 1.32 bits per heavy atom. The second kappa shape index (κ2) is 18.4. The summed E-state index contributed by atoms with van der Waals surface area (Å²) < 4.78 is 45.7. The van der Waals surface area contributed by atoms with E-state index in [-0.39, 0.29) is 11.6 Å². The minimum atomic E-state index is -0.209. The van der Waals surface area contributed by atoms with Crippen molar-refractivity contribution in [2.75, 3.05) is 0 Å². The Morgan fingerprint density at radius 1 is 0.536 bits per heavy atom. The van der Waals surface area contributed by atoms with E-state index >= 15 is 8.78 Å². The highest BCUT2D eigenvalue weighted by Gasteiger charge is 2.27. The Balaban J connectivity index is 1.11.